The van der Waals surface area contributed by atoms with E-state index < -0.39 is 23.7 Å². The van der Waals surface area contributed by atoms with Gasteiger partial charge in [0, 0.05) is 56.0 Å². The monoisotopic (exact) mass is 605 g/mol. The van der Waals surface area contributed by atoms with Gasteiger partial charge in [0.2, 0.25) is 11.8 Å². The molecule has 1 N–H and O–H groups in total. The third-order valence-electron chi connectivity index (χ3n) is 9.59. The molecule has 2 saturated heterocycles. The zero-order valence-electron chi connectivity index (χ0n) is 24.4. The summed E-state index contributed by atoms with van der Waals surface area (Å²) in [4.78, 5) is 34.5. The molecule has 234 valence electrons. The van der Waals surface area contributed by atoms with Crippen LogP contribution in [0.25, 0.3) is 0 Å². The third kappa shape index (κ3) is 5.85. The average molecular weight is 606 g/mol. The summed E-state index contributed by atoms with van der Waals surface area (Å²) in [5.41, 5.74) is 1.49. The van der Waals surface area contributed by atoms with Crippen LogP contribution in [0.3, 0.4) is 0 Å². The maximum atomic E-state index is 13.7. The molecule has 0 spiro atoms. The third-order valence-corrected chi connectivity index (χ3v) is 9.59. The lowest BCUT2D eigenvalue weighted by Gasteiger charge is -2.37. The molecule has 0 bridgehead atoms. The summed E-state index contributed by atoms with van der Waals surface area (Å²) in [7, 11) is 0. The fourth-order valence-corrected chi connectivity index (χ4v) is 7.20. The van der Waals surface area contributed by atoms with Crippen molar-refractivity contribution >= 4 is 11.8 Å². The molecule has 4 aliphatic rings. The van der Waals surface area contributed by atoms with Gasteiger partial charge in [-0.15, -0.1) is 0 Å². The number of carbonyl (C=O) groups excluding carboxylic acids is 2. The van der Waals surface area contributed by atoms with Crippen molar-refractivity contribution < 1.29 is 37.3 Å². The molecule has 5 atom stereocenters. The number of piperidine rings is 2. The van der Waals surface area contributed by atoms with E-state index in [1.54, 1.807) is 9.58 Å². The highest BCUT2D eigenvalue weighted by Gasteiger charge is 2.56. The van der Waals surface area contributed by atoms with Gasteiger partial charge < -0.3 is 24.4 Å². The van der Waals surface area contributed by atoms with Gasteiger partial charge in [0.1, 0.15) is 18.2 Å². The maximum Gasteiger partial charge on any atom is 0.421 e. The van der Waals surface area contributed by atoms with Gasteiger partial charge >= 0.3 is 6.18 Å². The minimum Gasteiger partial charge on any atom is -0.474 e. The fraction of sp³-hybridized carbons (Fsp3) is 0.667. The van der Waals surface area contributed by atoms with E-state index in [0.29, 0.717) is 68.8 Å². The van der Waals surface area contributed by atoms with Gasteiger partial charge in [-0.1, -0.05) is 6.92 Å². The van der Waals surface area contributed by atoms with E-state index in [1.807, 2.05) is 11.8 Å². The van der Waals surface area contributed by atoms with Crippen molar-refractivity contribution in [3.05, 3.63) is 40.8 Å². The number of aliphatic hydroxyl groups excluding tert-OH is 1. The van der Waals surface area contributed by atoms with Gasteiger partial charge in [-0.3, -0.25) is 14.3 Å². The van der Waals surface area contributed by atoms with Crippen LogP contribution in [0.5, 0.6) is 5.88 Å². The van der Waals surface area contributed by atoms with Crippen LogP contribution in [-0.2, 0) is 28.7 Å². The van der Waals surface area contributed by atoms with Crippen molar-refractivity contribution in [1.82, 2.24) is 24.6 Å². The van der Waals surface area contributed by atoms with Gasteiger partial charge in [-0.2, -0.15) is 18.3 Å². The first-order chi connectivity index (χ1) is 20.6. The highest BCUT2D eigenvalue weighted by molar-refractivity contribution is 5.95. The Bertz CT molecular complexity index is 1360. The number of rotatable bonds is 8. The van der Waals surface area contributed by atoms with Crippen molar-refractivity contribution in [1.29, 1.82) is 0 Å². The fourth-order valence-electron chi connectivity index (χ4n) is 7.20. The Morgan fingerprint density at radius 1 is 1.12 bits per heavy atom. The van der Waals surface area contributed by atoms with E-state index >= 15 is 0 Å². The number of hydrogen-bond donors (Lipinski definition) is 1. The molecule has 2 aromatic heterocycles. The molecule has 6 rings (SSSR count). The van der Waals surface area contributed by atoms with Crippen LogP contribution in [0.4, 0.5) is 13.2 Å². The molecule has 1 saturated carbocycles. The Balaban J connectivity index is 1.11. The molecule has 2 unspecified atom stereocenters. The van der Waals surface area contributed by atoms with Crippen LogP contribution in [0.2, 0.25) is 0 Å². The number of aliphatic hydroxyl groups is 1. The lowest BCUT2D eigenvalue weighted by atomic mass is 10.0. The molecule has 43 heavy (non-hydrogen) atoms. The molecule has 4 heterocycles. The number of aromatic nitrogens is 3. The second-order valence-corrected chi connectivity index (χ2v) is 12.3. The molecular weight excluding hydrogens is 567 g/mol. The second kappa shape index (κ2) is 11.7. The summed E-state index contributed by atoms with van der Waals surface area (Å²) in [6.45, 7) is 5.77. The van der Waals surface area contributed by atoms with Crippen molar-refractivity contribution in [2.75, 3.05) is 32.8 Å². The molecule has 3 fully saturated rings. The van der Waals surface area contributed by atoms with E-state index in [-0.39, 0.29) is 43.7 Å². The predicted octanol–water partition coefficient (Wildman–Crippen LogP) is 3.27. The van der Waals surface area contributed by atoms with Gasteiger partial charge in [-0.05, 0) is 56.1 Å². The number of likely N-dealkylation sites (tertiary alicyclic amines) is 2. The van der Waals surface area contributed by atoms with E-state index in [2.05, 4.69) is 11.9 Å². The second-order valence-electron chi connectivity index (χ2n) is 12.3. The van der Waals surface area contributed by atoms with Crippen molar-refractivity contribution in [2.24, 2.45) is 11.8 Å². The van der Waals surface area contributed by atoms with E-state index in [9.17, 15) is 22.8 Å². The molecule has 2 aliphatic carbocycles. The van der Waals surface area contributed by atoms with Crippen LogP contribution in [0.15, 0.2) is 18.3 Å². The van der Waals surface area contributed by atoms with Crippen LogP contribution in [0, 0.1) is 11.8 Å². The minimum atomic E-state index is -4.57. The first kappa shape index (κ1) is 29.9. The van der Waals surface area contributed by atoms with Crippen molar-refractivity contribution in [3.8, 4) is 5.88 Å². The molecule has 2 amide bonds. The SMILES string of the molecule is C[C@@H]1C2Cc3c(c(C(=O)N4CCC(OCCO)CC4)nn3CC(=O)N3CC[C@@H](Oc4ncccc4C(F)(F)F)C[C@@H]3C)C21. The first-order valence-electron chi connectivity index (χ1n) is 15.2. The van der Waals surface area contributed by atoms with E-state index in [1.165, 1.54) is 12.3 Å². The Kier molecular flexibility index (Phi) is 8.14. The van der Waals surface area contributed by atoms with E-state index in [4.69, 9.17) is 19.7 Å². The van der Waals surface area contributed by atoms with Gasteiger partial charge in [0.15, 0.2) is 5.69 Å². The van der Waals surface area contributed by atoms with Crippen molar-refractivity contribution in [3.63, 3.8) is 0 Å². The van der Waals surface area contributed by atoms with E-state index in [0.717, 1.165) is 23.7 Å². The number of halogens is 3. The van der Waals surface area contributed by atoms with Crippen LogP contribution in [-0.4, -0.2) is 92.6 Å². The highest BCUT2D eigenvalue weighted by atomic mass is 19.4. The normalized spacial score (nSPS) is 27.2. The van der Waals surface area contributed by atoms with Gasteiger partial charge in [0.05, 0.1) is 19.3 Å². The average Bonchev–Trinajstić information content (AvgIpc) is 3.27. The smallest absolute Gasteiger partial charge is 0.421 e. The molecule has 2 aromatic rings. The van der Waals surface area contributed by atoms with Crippen molar-refractivity contribution in [2.45, 2.75) is 82.8 Å². The number of fused-ring (bicyclic) bond motifs is 3. The number of nitrogens with zero attached hydrogens (tertiary/aromatic N) is 5. The Morgan fingerprint density at radius 2 is 1.86 bits per heavy atom. The number of pyridine rings is 1. The lowest BCUT2D eigenvalue weighted by Crippen LogP contribution is -2.48. The summed E-state index contributed by atoms with van der Waals surface area (Å²) in [6.07, 6.45) is -0.824. The highest BCUT2D eigenvalue weighted by Crippen LogP contribution is 2.62. The maximum absolute atomic E-state index is 13.7. The van der Waals surface area contributed by atoms with Gasteiger partial charge in [-0.25, -0.2) is 4.98 Å². The van der Waals surface area contributed by atoms with Crippen LogP contribution >= 0.6 is 0 Å². The summed E-state index contributed by atoms with van der Waals surface area (Å²) in [6, 6.07) is 1.93. The first-order valence-corrected chi connectivity index (χ1v) is 15.2. The number of ether oxygens (including phenoxy) is 2. The van der Waals surface area contributed by atoms with Gasteiger partial charge in [0.25, 0.3) is 5.91 Å². The lowest BCUT2D eigenvalue weighted by molar-refractivity contribution is -0.140. The number of hydrogen-bond acceptors (Lipinski definition) is 7. The molecular formula is C30H38F3N5O5. The number of alkyl halides is 3. The molecule has 0 aromatic carbocycles. The zero-order valence-corrected chi connectivity index (χ0v) is 24.4. The van der Waals surface area contributed by atoms with Crippen LogP contribution < -0.4 is 4.74 Å². The summed E-state index contributed by atoms with van der Waals surface area (Å²) >= 11 is 0. The quantitative estimate of drug-likeness (QED) is 0.492. The number of carbonyl (C=O) groups is 2. The zero-order chi connectivity index (χ0) is 30.5. The topological polar surface area (TPSA) is 110 Å². The molecule has 13 heteroatoms. The summed E-state index contributed by atoms with van der Waals surface area (Å²) in [5.74, 6) is 0.565. The Labute approximate surface area is 248 Å². The summed E-state index contributed by atoms with van der Waals surface area (Å²) < 4.78 is 53.2. The van der Waals surface area contributed by atoms with Crippen LogP contribution in [0.1, 0.15) is 72.8 Å². The standard InChI is InChI=1S/C30H38F3N5O5/c1-17-14-20(43-28-22(30(31,32)33)4-3-8-34-28)7-11-37(17)24(40)16-38-23-15-21-18(2)25(21)26(23)27(35-38)29(41)36-9-5-19(6-10-36)42-13-12-39/h3-4,8,17-21,25,39H,5-7,9-16H2,1-2H3/t17-,18+,20+,21?,25?/m0/s1. The molecule has 0 radical (unpaired) electrons. The molecule has 10 nitrogen and oxygen atoms in total. The number of amides is 2. The summed E-state index contributed by atoms with van der Waals surface area (Å²) in [5, 5.41) is 13.7. The largest absolute Gasteiger partial charge is 0.474 e. The minimum absolute atomic E-state index is 0.00876. The Morgan fingerprint density at radius 3 is 2.56 bits per heavy atom. The predicted molar refractivity (Wildman–Crippen MR) is 147 cm³/mol. The Hall–Kier alpha value is -3.19. The molecule has 2 aliphatic heterocycles.